The average molecular weight is 312 g/mol. The van der Waals surface area contributed by atoms with Gasteiger partial charge in [-0.2, -0.15) is 14.5 Å². The molecule has 0 fully saturated rings. The first-order valence-electron chi connectivity index (χ1n) is 7.07. The smallest absolute Gasteiger partial charge is 0.368 e. The summed E-state index contributed by atoms with van der Waals surface area (Å²) < 4.78 is 8.13. The van der Waals surface area contributed by atoms with Crippen LogP contribution in [0.15, 0.2) is 35.1 Å². The van der Waals surface area contributed by atoms with Gasteiger partial charge in [-0.3, -0.25) is 0 Å². The third-order valence-electron chi connectivity index (χ3n) is 3.47. The summed E-state index contributed by atoms with van der Waals surface area (Å²) in [7, 11) is 1.56. The second-order valence-electron chi connectivity index (χ2n) is 5.17. The largest absolute Gasteiger partial charge is 0.472 e. The van der Waals surface area contributed by atoms with Gasteiger partial charge in [0.2, 0.25) is 5.88 Å². The Morgan fingerprint density at radius 2 is 1.91 bits per heavy atom. The second kappa shape index (κ2) is 5.99. The van der Waals surface area contributed by atoms with Gasteiger partial charge < -0.3 is 4.74 Å². The van der Waals surface area contributed by atoms with E-state index in [4.69, 9.17) is 4.74 Å². The molecule has 8 nitrogen and oxygen atoms in total. The molecule has 2 aromatic heterocycles. The van der Waals surface area contributed by atoms with Crippen LogP contribution in [0.1, 0.15) is 16.8 Å². The molecule has 3 aromatic rings. The first-order chi connectivity index (χ1) is 11.1. The Balaban J connectivity index is 1.94. The third kappa shape index (κ3) is 2.96. The van der Waals surface area contributed by atoms with Crippen molar-refractivity contribution in [3.05, 3.63) is 57.6 Å². The van der Waals surface area contributed by atoms with E-state index in [-0.39, 0.29) is 12.3 Å². The number of hydrogen-bond donors (Lipinski definition) is 0. The van der Waals surface area contributed by atoms with Gasteiger partial charge >= 0.3 is 5.69 Å². The molecule has 0 saturated carbocycles. The van der Waals surface area contributed by atoms with Crippen molar-refractivity contribution >= 4 is 0 Å². The molecule has 23 heavy (non-hydrogen) atoms. The molecule has 1 aromatic carbocycles. The molecule has 2 heterocycles. The molecule has 8 heteroatoms. The molecule has 0 bridgehead atoms. The fourth-order valence-corrected chi connectivity index (χ4v) is 2.15. The van der Waals surface area contributed by atoms with Crippen LogP contribution in [0.3, 0.4) is 0 Å². The molecule has 118 valence electrons. The topological polar surface area (TPSA) is 87.7 Å². The van der Waals surface area contributed by atoms with Gasteiger partial charge in [0.25, 0.3) is 0 Å². The zero-order valence-electron chi connectivity index (χ0n) is 13.1. The first-order valence-corrected chi connectivity index (χ1v) is 7.07. The normalized spacial score (nSPS) is 10.7. The lowest BCUT2D eigenvalue weighted by atomic mass is 10.1. The minimum atomic E-state index is -0.313. The van der Waals surface area contributed by atoms with E-state index in [0.717, 1.165) is 16.8 Å². The van der Waals surface area contributed by atoms with Gasteiger partial charge in [-0.05, 0) is 42.0 Å². The van der Waals surface area contributed by atoms with Crippen LogP contribution in [0.25, 0.3) is 5.69 Å². The molecule has 0 aliphatic carbocycles. The van der Waals surface area contributed by atoms with Crippen molar-refractivity contribution in [3.8, 4) is 11.6 Å². The maximum absolute atomic E-state index is 12.1. The Bertz CT molecular complexity index is 882. The number of aryl methyl sites for hydroxylation is 3. The van der Waals surface area contributed by atoms with Crippen molar-refractivity contribution in [2.24, 2.45) is 7.05 Å². The van der Waals surface area contributed by atoms with E-state index in [2.05, 4.69) is 20.6 Å². The fraction of sp³-hybridized carbons (Fsp3) is 0.267. The third-order valence-corrected chi connectivity index (χ3v) is 3.47. The lowest BCUT2D eigenvalue weighted by Crippen LogP contribution is -2.23. The maximum Gasteiger partial charge on any atom is 0.368 e. The van der Waals surface area contributed by atoms with Gasteiger partial charge in [0.15, 0.2) is 0 Å². The van der Waals surface area contributed by atoms with Crippen LogP contribution >= 0.6 is 0 Å². The number of aromatic nitrogens is 6. The highest BCUT2D eigenvalue weighted by molar-refractivity contribution is 5.44. The monoisotopic (exact) mass is 312 g/mol. The highest BCUT2D eigenvalue weighted by Crippen LogP contribution is 2.19. The molecule has 3 rings (SSSR count). The molecule has 0 radical (unpaired) electrons. The van der Waals surface area contributed by atoms with Gasteiger partial charge in [-0.1, -0.05) is 12.1 Å². The van der Waals surface area contributed by atoms with E-state index < -0.39 is 0 Å². The summed E-state index contributed by atoms with van der Waals surface area (Å²) >= 11 is 0. The van der Waals surface area contributed by atoms with Crippen LogP contribution in [0.5, 0.6) is 5.88 Å². The number of rotatable bonds is 4. The Kier molecular flexibility index (Phi) is 3.88. The van der Waals surface area contributed by atoms with E-state index >= 15 is 0 Å². The van der Waals surface area contributed by atoms with Gasteiger partial charge in [-0.25, -0.2) is 4.79 Å². The molecule has 0 saturated heterocycles. The minimum Gasteiger partial charge on any atom is -0.472 e. The number of hydrogen-bond acceptors (Lipinski definition) is 6. The van der Waals surface area contributed by atoms with E-state index in [1.165, 1.54) is 9.36 Å². The predicted octanol–water partition coefficient (Wildman–Crippen LogP) is 0.952. The van der Waals surface area contributed by atoms with Crippen LogP contribution in [-0.2, 0) is 13.7 Å². The zero-order valence-corrected chi connectivity index (χ0v) is 13.1. The lowest BCUT2D eigenvalue weighted by Gasteiger charge is -2.12. The summed E-state index contributed by atoms with van der Waals surface area (Å²) in [6.07, 6.45) is 0. The van der Waals surface area contributed by atoms with Crippen molar-refractivity contribution in [3.63, 3.8) is 0 Å². The van der Waals surface area contributed by atoms with Crippen LogP contribution in [0.4, 0.5) is 0 Å². The SMILES string of the molecule is Cc1ccc(OCc2c(C)cccc2-n2nnn(C)c2=O)nn1. The molecule has 0 atom stereocenters. The summed E-state index contributed by atoms with van der Waals surface area (Å²) in [5.74, 6) is 0.427. The molecule has 0 spiro atoms. The summed E-state index contributed by atoms with van der Waals surface area (Å²) in [5, 5.41) is 15.6. The van der Waals surface area contributed by atoms with Crippen LogP contribution < -0.4 is 10.4 Å². The first kappa shape index (κ1) is 14.9. The quantitative estimate of drug-likeness (QED) is 0.713. The second-order valence-corrected chi connectivity index (χ2v) is 5.17. The average Bonchev–Trinajstić information content (AvgIpc) is 2.87. The van der Waals surface area contributed by atoms with Gasteiger partial charge in [0.1, 0.15) is 6.61 Å². The van der Waals surface area contributed by atoms with Crippen molar-refractivity contribution in [2.75, 3.05) is 0 Å². The van der Waals surface area contributed by atoms with Crippen molar-refractivity contribution in [2.45, 2.75) is 20.5 Å². The highest BCUT2D eigenvalue weighted by atomic mass is 16.5. The Labute approximate surface area is 132 Å². The van der Waals surface area contributed by atoms with Crippen molar-refractivity contribution < 1.29 is 4.74 Å². The molecule has 0 unspecified atom stereocenters. The summed E-state index contributed by atoms with van der Waals surface area (Å²) in [6, 6.07) is 9.21. The van der Waals surface area contributed by atoms with E-state index in [1.807, 2.05) is 38.1 Å². The van der Waals surface area contributed by atoms with Crippen LogP contribution in [0.2, 0.25) is 0 Å². The number of tetrazole rings is 1. The Morgan fingerprint density at radius 3 is 2.57 bits per heavy atom. The summed E-state index contributed by atoms with van der Waals surface area (Å²) in [5.41, 5.74) is 2.98. The highest BCUT2D eigenvalue weighted by Gasteiger charge is 2.13. The Hall–Kier alpha value is -3.03. The molecule has 0 aliphatic rings. The van der Waals surface area contributed by atoms with E-state index in [1.54, 1.807) is 13.1 Å². The van der Waals surface area contributed by atoms with E-state index in [0.29, 0.717) is 11.6 Å². The molecule has 0 N–H and O–H groups in total. The standard InChI is InChI=1S/C15H16N6O2/c1-10-5-4-6-13(21-15(22)20(3)18-19-21)12(10)9-23-14-8-7-11(2)16-17-14/h4-8H,9H2,1-3H3. The van der Waals surface area contributed by atoms with Crippen molar-refractivity contribution in [1.82, 2.24) is 30.0 Å². The number of benzene rings is 1. The van der Waals surface area contributed by atoms with Crippen molar-refractivity contribution in [1.29, 1.82) is 0 Å². The minimum absolute atomic E-state index is 0.253. The van der Waals surface area contributed by atoms with Crippen LogP contribution in [0, 0.1) is 13.8 Å². The zero-order chi connectivity index (χ0) is 16.4. The van der Waals surface area contributed by atoms with Gasteiger partial charge in [0, 0.05) is 18.7 Å². The van der Waals surface area contributed by atoms with Gasteiger partial charge in [-0.15, -0.1) is 5.10 Å². The summed E-state index contributed by atoms with van der Waals surface area (Å²) in [4.78, 5) is 12.1. The molecular formula is C15H16N6O2. The van der Waals surface area contributed by atoms with E-state index in [9.17, 15) is 4.79 Å². The number of ether oxygens (including phenoxy) is 1. The van der Waals surface area contributed by atoms with Crippen LogP contribution in [-0.4, -0.2) is 30.0 Å². The number of nitrogens with zero attached hydrogens (tertiary/aromatic N) is 6. The Morgan fingerprint density at radius 1 is 1.09 bits per heavy atom. The molecule has 0 aliphatic heterocycles. The maximum atomic E-state index is 12.1. The summed E-state index contributed by atoms with van der Waals surface area (Å²) in [6.45, 7) is 4.06. The molecule has 0 amide bonds. The van der Waals surface area contributed by atoms with Gasteiger partial charge in [0.05, 0.1) is 11.4 Å². The lowest BCUT2D eigenvalue weighted by molar-refractivity contribution is 0.288. The molecular weight excluding hydrogens is 296 g/mol. The fourth-order valence-electron chi connectivity index (χ4n) is 2.15. The predicted molar refractivity (Wildman–Crippen MR) is 82.4 cm³/mol.